The van der Waals surface area contributed by atoms with Crippen molar-refractivity contribution in [3.63, 3.8) is 0 Å². The summed E-state index contributed by atoms with van der Waals surface area (Å²) in [7, 11) is 0. The molecule has 1 atom stereocenters. The quantitative estimate of drug-likeness (QED) is 0.775. The Morgan fingerprint density at radius 2 is 2.04 bits per heavy atom. The van der Waals surface area contributed by atoms with Gasteiger partial charge >= 0.3 is 5.97 Å². The summed E-state index contributed by atoms with van der Waals surface area (Å²) in [6, 6.07) is 10.3. The van der Waals surface area contributed by atoms with Gasteiger partial charge in [0, 0.05) is 6.54 Å². The van der Waals surface area contributed by atoms with Gasteiger partial charge in [0.1, 0.15) is 6.04 Å². The van der Waals surface area contributed by atoms with Crippen molar-refractivity contribution in [1.29, 1.82) is 0 Å². The first-order valence-electron chi connectivity index (χ1n) is 8.13. The van der Waals surface area contributed by atoms with Crippen molar-refractivity contribution in [3.8, 4) is 10.8 Å². The van der Waals surface area contributed by atoms with Gasteiger partial charge in [0.25, 0.3) is 5.91 Å². The molecule has 1 aliphatic heterocycles. The molecule has 0 spiro atoms. The Bertz CT molecular complexity index is 912. The maximum atomic E-state index is 12.7. The zero-order valence-corrected chi connectivity index (χ0v) is 14.2. The molecule has 0 saturated carbocycles. The standard InChI is InChI=1S/C18H16N2O4S/c21-17(20-10-4-3-6-12(20)18(22)23)14-9-8-13(24-14)16-19-11-5-1-2-7-15(11)25-16/h1-2,5,7-9,12H,3-4,6,10H2,(H,22,23)/t12-/m1/s1. The summed E-state index contributed by atoms with van der Waals surface area (Å²) in [5.41, 5.74) is 0.883. The maximum absolute atomic E-state index is 12.7. The third-order valence-electron chi connectivity index (χ3n) is 4.37. The fourth-order valence-corrected chi connectivity index (χ4v) is 4.05. The molecule has 0 radical (unpaired) electrons. The molecule has 1 saturated heterocycles. The molecule has 1 aliphatic rings. The third kappa shape index (κ3) is 2.91. The number of aromatic nitrogens is 1. The van der Waals surface area contributed by atoms with Crippen LogP contribution in [-0.4, -0.2) is 39.5 Å². The number of hydrogen-bond donors (Lipinski definition) is 1. The number of benzene rings is 1. The van der Waals surface area contributed by atoms with Crippen molar-refractivity contribution in [1.82, 2.24) is 9.88 Å². The number of thiazole rings is 1. The number of hydrogen-bond acceptors (Lipinski definition) is 5. The molecule has 1 amide bonds. The number of amides is 1. The highest BCUT2D eigenvalue weighted by atomic mass is 32.1. The number of para-hydroxylation sites is 1. The van der Waals surface area contributed by atoms with Gasteiger partial charge in [-0.25, -0.2) is 9.78 Å². The molecule has 0 aliphatic carbocycles. The first-order chi connectivity index (χ1) is 12.1. The molecule has 1 aromatic carbocycles. The Hall–Kier alpha value is -2.67. The van der Waals surface area contributed by atoms with E-state index in [1.807, 2.05) is 24.3 Å². The third-order valence-corrected chi connectivity index (χ3v) is 5.42. The Kier molecular flexibility index (Phi) is 4.01. The maximum Gasteiger partial charge on any atom is 0.326 e. The molecule has 128 valence electrons. The Morgan fingerprint density at radius 1 is 1.20 bits per heavy atom. The molecule has 2 aromatic heterocycles. The highest BCUT2D eigenvalue weighted by Crippen LogP contribution is 2.31. The fourth-order valence-electron chi connectivity index (χ4n) is 3.12. The number of carboxylic acids is 1. The normalized spacial score (nSPS) is 17.8. The SMILES string of the molecule is O=C(O)[C@H]1CCCCN1C(=O)c1ccc(-c2nc3ccccc3s2)o1. The highest BCUT2D eigenvalue weighted by molar-refractivity contribution is 7.21. The Labute approximate surface area is 147 Å². The molecule has 1 N–H and O–H groups in total. The van der Waals surface area contributed by atoms with E-state index in [1.165, 1.54) is 16.2 Å². The minimum absolute atomic E-state index is 0.155. The van der Waals surface area contributed by atoms with Gasteiger partial charge in [-0.2, -0.15) is 0 Å². The van der Waals surface area contributed by atoms with Crippen molar-refractivity contribution in [2.75, 3.05) is 6.54 Å². The van der Waals surface area contributed by atoms with Crippen molar-refractivity contribution in [3.05, 3.63) is 42.2 Å². The molecular weight excluding hydrogens is 340 g/mol. The minimum Gasteiger partial charge on any atom is -0.480 e. The van der Waals surface area contributed by atoms with E-state index >= 15 is 0 Å². The summed E-state index contributed by atoms with van der Waals surface area (Å²) in [5, 5.41) is 10.0. The summed E-state index contributed by atoms with van der Waals surface area (Å²) in [6.07, 6.45) is 2.10. The molecule has 3 aromatic rings. The number of carboxylic acid groups (broad SMARTS) is 1. The van der Waals surface area contributed by atoms with Gasteiger partial charge in [-0.1, -0.05) is 12.1 Å². The number of fused-ring (bicyclic) bond motifs is 1. The van der Waals surface area contributed by atoms with Crippen LogP contribution in [0.2, 0.25) is 0 Å². The van der Waals surface area contributed by atoms with Crippen LogP contribution in [0, 0.1) is 0 Å². The number of furan rings is 1. The molecule has 25 heavy (non-hydrogen) atoms. The molecule has 7 heteroatoms. The van der Waals surface area contributed by atoms with Crippen LogP contribution in [0.25, 0.3) is 21.0 Å². The van der Waals surface area contributed by atoms with E-state index in [0.29, 0.717) is 23.7 Å². The Balaban J connectivity index is 1.61. The molecule has 0 bridgehead atoms. The van der Waals surface area contributed by atoms with E-state index in [4.69, 9.17) is 4.42 Å². The first-order valence-corrected chi connectivity index (χ1v) is 8.95. The first kappa shape index (κ1) is 15.8. The molecule has 1 fully saturated rings. The predicted octanol–water partition coefficient (Wildman–Crippen LogP) is 3.64. The van der Waals surface area contributed by atoms with Gasteiger partial charge in [0.15, 0.2) is 16.5 Å². The monoisotopic (exact) mass is 356 g/mol. The van der Waals surface area contributed by atoms with E-state index in [9.17, 15) is 14.7 Å². The fraction of sp³-hybridized carbons (Fsp3) is 0.278. The van der Waals surface area contributed by atoms with Gasteiger partial charge in [-0.05, 0) is 43.5 Å². The predicted molar refractivity (Wildman–Crippen MR) is 93.6 cm³/mol. The van der Waals surface area contributed by atoms with E-state index in [2.05, 4.69) is 4.98 Å². The van der Waals surface area contributed by atoms with Crippen molar-refractivity contribution in [2.24, 2.45) is 0 Å². The highest BCUT2D eigenvalue weighted by Gasteiger charge is 2.33. The van der Waals surface area contributed by atoms with Gasteiger partial charge in [0.05, 0.1) is 10.2 Å². The summed E-state index contributed by atoms with van der Waals surface area (Å²) < 4.78 is 6.75. The number of piperidine rings is 1. The topological polar surface area (TPSA) is 83.6 Å². The number of carbonyl (C=O) groups is 2. The largest absolute Gasteiger partial charge is 0.480 e. The van der Waals surface area contributed by atoms with Gasteiger partial charge in [-0.3, -0.25) is 4.79 Å². The average molecular weight is 356 g/mol. The van der Waals surface area contributed by atoms with Crippen LogP contribution in [-0.2, 0) is 4.79 Å². The number of rotatable bonds is 3. The van der Waals surface area contributed by atoms with Crippen LogP contribution in [0.1, 0.15) is 29.8 Å². The molecule has 0 unspecified atom stereocenters. The van der Waals surface area contributed by atoms with Crippen LogP contribution in [0.5, 0.6) is 0 Å². The minimum atomic E-state index is -0.967. The lowest BCUT2D eigenvalue weighted by Crippen LogP contribution is -2.47. The van der Waals surface area contributed by atoms with E-state index in [-0.39, 0.29) is 11.7 Å². The summed E-state index contributed by atoms with van der Waals surface area (Å²) >= 11 is 1.49. The molecule has 6 nitrogen and oxygen atoms in total. The second-order valence-corrected chi connectivity index (χ2v) is 7.03. The number of nitrogens with zero attached hydrogens (tertiary/aromatic N) is 2. The average Bonchev–Trinajstić information content (AvgIpc) is 3.27. The van der Waals surface area contributed by atoms with Crippen molar-refractivity contribution in [2.45, 2.75) is 25.3 Å². The lowest BCUT2D eigenvalue weighted by atomic mass is 10.0. The van der Waals surface area contributed by atoms with Crippen molar-refractivity contribution < 1.29 is 19.1 Å². The van der Waals surface area contributed by atoms with Crippen LogP contribution in [0.3, 0.4) is 0 Å². The van der Waals surface area contributed by atoms with E-state index in [1.54, 1.807) is 12.1 Å². The van der Waals surface area contributed by atoms with Gasteiger partial charge in [-0.15, -0.1) is 11.3 Å². The smallest absolute Gasteiger partial charge is 0.326 e. The number of aliphatic carboxylic acids is 1. The molecule has 4 rings (SSSR count). The second-order valence-electron chi connectivity index (χ2n) is 6.00. The van der Waals surface area contributed by atoms with Crippen LogP contribution < -0.4 is 0 Å². The number of carbonyl (C=O) groups excluding carboxylic acids is 1. The van der Waals surface area contributed by atoms with E-state index < -0.39 is 12.0 Å². The zero-order chi connectivity index (χ0) is 17.4. The number of likely N-dealkylation sites (tertiary alicyclic amines) is 1. The summed E-state index contributed by atoms with van der Waals surface area (Å²) in [5.74, 6) is -0.665. The molecular formula is C18H16N2O4S. The zero-order valence-electron chi connectivity index (χ0n) is 13.3. The van der Waals surface area contributed by atoms with Crippen LogP contribution >= 0.6 is 11.3 Å². The second kappa shape index (κ2) is 6.33. The summed E-state index contributed by atoms with van der Waals surface area (Å²) in [4.78, 5) is 30.0. The van der Waals surface area contributed by atoms with Gasteiger partial charge < -0.3 is 14.4 Å². The summed E-state index contributed by atoms with van der Waals surface area (Å²) in [6.45, 7) is 0.437. The van der Waals surface area contributed by atoms with Crippen molar-refractivity contribution >= 4 is 33.4 Å². The van der Waals surface area contributed by atoms with Crippen LogP contribution in [0.15, 0.2) is 40.8 Å². The lowest BCUT2D eigenvalue weighted by molar-refractivity contribution is -0.143. The Morgan fingerprint density at radius 3 is 2.84 bits per heavy atom. The molecule has 3 heterocycles. The van der Waals surface area contributed by atoms with E-state index in [0.717, 1.165) is 23.1 Å². The van der Waals surface area contributed by atoms with Crippen LogP contribution in [0.4, 0.5) is 0 Å². The lowest BCUT2D eigenvalue weighted by Gasteiger charge is -2.32. The van der Waals surface area contributed by atoms with Gasteiger partial charge in [0.2, 0.25) is 0 Å².